The molecule has 2 heterocycles. The number of nitrogens with one attached hydrogen (secondary N) is 1. The van der Waals surface area contributed by atoms with E-state index in [9.17, 15) is 18.9 Å². The Labute approximate surface area is 114 Å². The highest BCUT2D eigenvalue weighted by atomic mass is 19.2. The van der Waals surface area contributed by atoms with Crippen LogP contribution in [0, 0.1) is 27.7 Å². The van der Waals surface area contributed by atoms with Crippen molar-refractivity contribution in [2.75, 3.05) is 25.0 Å². The van der Waals surface area contributed by atoms with Gasteiger partial charge in [0.25, 0.3) is 5.69 Å². The third-order valence-corrected chi connectivity index (χ3v) is 4.23. The molecule has 2 bridgehead atoms. The van der Waals surface area contributed by atoms with Gasteiger partial charge in [0.15, 0.2) is 17.3 Å². The number of hydrogen-bond donors (Lipinski definition) is 1. The molecule has 2 fully saturated rings. The molecule has 7 heteroatoms. The second-order valence-electron chi connectivity index (χ2n) is 5.40. The van der Waals surface area contributed by atoms with Crippen LogP contribution in [0.2, 0.25) is 0 Å². The standard InChI is InChI=1S/C13H15F2N3O2/c14-9-1-2-11(18(19)20)13(12(9)15)16-10-4-6-17-5-3-8(10)7-17/h1-2,8,10,16H,3-7H2. The highest BCUT2D eigenvalue weighted by molar-refractivity contribution is 5.63. The Kier molecular flexibility index (Phi) is 3.29. The fraction of sp³-hybridized carbons (Fsp3) is 0.538. The minimum atomic E-state index is -1.17. The maximum Gasteiger partial charge on any atom is 0.295 e. The highest BCUT2D eigenvalue weighted by Gasteiger charge is 2.36. The molecule has 2 saturated heterocycles. The first-order chi connectivity index (χ1) is 9.56. The first-order valence-corrected chi connectivity index (χ1v) is 6.67. The minimum Gasteiger partial charge on any atom is -0.374 e. The number of fused-ring (bicyclic) bond motifs is 2. The van der Waals surface area contributed by atoms with E-state index in [1.165, 1.54) is 0 Å². The number of halogens is 2. The summed E-state index contributed by atoms with van der Waals surface area (Å²) < 4.78 is 27.2. The molecule has 5 nitrogen and oxygen atoms in total. The van der Waals surface area contributed by atoms with E-state index in [4.69, 9.17) is 0 Å². The van der Waals surface area contributed by atoms with Crippen molar-refractivity contribution in [2.45, 2.75) is 18.9 Å². The van der Waals surface area contributed by atoms with E-state index in [0.717, 1.165) is 44.6 Å². The number of benzene rings is 1. The van der Waals surface area contributed by atoms with Gasteiger partial charge < -0.3 is 10.2 Å². The maximum absolute atomic E-state index is 13.9. The molecule has 108 valence electrons. The maximum atomic E-state index is 13.9. The molecule has 0 aliphatic carbocycles. The molecular formula is C13H15F2N3O2. The molecule has 0 radical (unpaired) electrons. The van der Waals surface area contributed by atoms with Gasteiger partial charge in [-0.15, -0.1) is 0 Å². The van der Waals surface area contributed by atoms with Crippen LogP contribution in [0.15, 0.2) is 12.1 Å². The van der Waals surface area contributed by atoms with Crippen molar-refractivity contribution in [3.8, 4) is 0 Å². The van der Waals surface area contributed by atoms with Crippen LogP contribution >= 0.6 is 0 Å². The van der Waals surface area contributed by atoms with Gasteiger partial charge in [-0.3, -0.25) is 10.1 Å². The normalized spacial score (nSPS) is 28.4. The quantitative estimate of drug-likeness (QED) is 0.683. The zero-order valence-corrected chi connectivity index (χ0v) is 10.8. The lowest BCUT2D eigenvalue weighted by atomic mass is 9.94. The number of nitro benzene ring substituents is 1. The topological polar surface area (TPSA) is 58.4 Å². The summed E-state index contributed by atoms with van der Waals surface area (Å²) in [7, 11) is 0. The second kappa shape index (κ2) is 4.97. The third kappa shape index (κ3) is 2.22. The lowest BCUT2D eigenvalue weighted by Crippen LogP contribution is -2.39. The molecule has 2 aliphatic rings. The van der Waals surface area contributed by atoms with Gasteiger partial charge >= 0.3 is 0 Å². The van der Waals surface area contributed by atoms with Crippen LogP contribution in [-0.4, -0.2) is 35.5 Å². The van der Waals surface area contributed by atoms with Crippen molar-refractivity contribution in [3.63, 3.8) is 0 Å². The molecule has 3 unspecified atom stereocenters. The Morgan fingerprint density at radius 1 is 1.30 bits per heavy atom. The predicted molar refractivity (Wildman–Crippen MR) is 69.6 cm³/mol. The molecule has 20 heavy (non-hydrogen) atoms. The summed E-state index contributed by atoms with van der Waals surface area (Å²) in [5, 5.41) is 13.8. The van der Waals surface area contributed by atoms with Crippen molar-refractivity contribution < 1.29 is 13.7 Å². The van der Waals surface area contributed by atoms with Crippen LogP contribution in [0.3, 0.4) is 0 Å². The molecular weight excluding hydrogens is 268 g/mol. The largest absolute Gasteiger partial charge is 0.374 e. The van der Waals surface area contributed by atoms with Crippen LogP contribution in [0.25, 0.3) is 0 Å². The van der Waals surface area contributed by atoms with Gasteiger partial charge in [0.1, 0.15) is 0 Å². The van der Waals surface area contributed by atoms with Crippen LogP contribution in [0.5, 0.6) is 0 Å². The van der Waals surface area contributed by atoms with Crippen molar-refractivity contribution in [1.82, 2.24) is 4.90 Å². The SMILES string of the molecule is O=[N+]([O-])c1ccc(F)c(F)c1NC1CCN2CCC1C2. The van der Waals surface area contributed by atoms with E-state index in [1.54, 1.807) is 0 Å². The minimum absolute atomic E-state index is 0.0382. The molecule has 3 rings (SSSR count). The van der Waals surface area contributed by atoms with Crippen molar-refractivity contribution in [1.29, 1.82) is 0 Å². The Hall–Kier alpha value is -1.76. The van der Waals surface area contributed by atoms with Gasteiger partial charge in [-0.25, -0.2) is 8.78 Å². The van der Waals surface area contributed by atoms with E-state index < -0.39 is 22.2 Å². The van der Waals surface area contributed by atoms with Crippen molar-refractivity contribution in [2.24, 2.45) is 5.92 Å². The summed E-state index contributed by atoms with van der Waals surface area (Å²) >= 11 is 0. The summed E-state index contributed by atoms with van der Waals surface area (Å²) in [4.78, 5) is 12.6. The van der Waals surface area contributed by atoms with E-state index in [0.29, 0.717) is 5.92 Å². The average molecular weight is 283 g/mol. The van der Waals surface area contributed by atoms with Crippen molar-refractivity contribution in [3.05, 3.63) is 33.9 Å². The van der Waals surface area contributed by atoms with Crippen LogP contribution in [0.4, 0.5) is 20.2 Å². The summed E-state index contributed by atoms with van der Waals surface area (Å²) in [6, 6.07) is 1.75. The molecule has 0 aromatic heterocycles. The van der Waals surface area contributed by atoms with E-state index in [1.807, 2.05) is 0 Å². The molecule has 1 N–H and O–H groups in total. The Balaban J connectivity index is 1.89. The number of hydrogen-bond acceptors (Lipinski definition) is 4. The highest BCUT2D eigenvalue weighted by Crippen LogP contribution is 2.34. The van der Waals surface area contributed by atoms with Crippen LogP contribution < -0.4 is 5.32 Å². The van der Waals surface area contributed by atoms with E-state index in [-0.39, 0.29) is 11.7 Å². The predicted octanol–water partition coefficient (Wildman–Crippen LogP) is 2.38. The number of rotatable bonds is 3. The summed E-state index contributed by atoms with van der Waals surface area (Å²) in [6.07, 6.45) is 1.78. The van der Waals surface area contributed by atoms with Gasteiger partial charge in [0, 0.05) is 25.2 Å². The lowest BCUT2D eigenvalue weighted by Gasteiger charge is -2.31. The Bertz CT molecular complexity index is 553. The first kappa shape index (κ1) is 13.2. The molecule has 0 amide bonds. The van der Waals surface area contributed by atoms with Crippen molar-refractivity contribution >= 4 is 11.4 Å². The third-order valence-electron chi connectivity index (χ3n) is 4.23. The second-order valence-corrected chi connectivity index (χ2v) is 5.40. The number of nitrogens with zero attached hydrogens (tertiary/aromatic N) is 2. The first-order valence-electron chi connectivity index (χ1n) is 6.67. The number of nitro groups is 1. The van der Waals surface area contributed by atoms with Gasteiger partial charge in [0.2, 0.25) is 0 Å². The zero-order chi connectivity index (χ0) is 14.3. The smallest absolute Gasteiger partial charge is 0.295 e. The average Bonchev–Trinajstić information content (AvgIpc) is 2.80. The fourth-order valence-electron chi connectivity index (χ4n) is 3.16. The molecule has 2 aliphatic heterocycles. The fourth-order valence-corrected chi connectivity index (χ4v) is 3.16. The zero-order valence-electron chi connectivity index (χ0n) is 10.8. The number of piperidine rings is 1. The molecule has 1 aromatic rings. The monoisotopic (exact) mass is 283 g/mol. The van der Waals surface area contributed by atoms with Crippen LogP contribution in [0.1, 0.15) is 12.8 Å². The molecule has 0 saturated carbocycles. The number of anilines is 1. The Morgan fingerprint density at radius 2 is 2.05 bits per heavy atom. The Morgan fingerprint density at radius 3 is 2.80 bits per heavy atom. The summed E-state index contributed by atoms with van der Waals surface area (Å²) in [5.41, 5.74) is -0.732. The summed E-state index contributed by atoms with van der Waals surface area (Å²) in [5.74, 6) is -1.90. The van der Waals surface area contributed by atoms with E-state index >= 15 is 0 Å². The van der Waals surface area contributed by atoms with Gasteiger partial charge in [-0.2, -0.15) is 0 Å². The lowest BCUT2D eigenvalue weighted by molar-refractivity contribution is -0.384. The van der Waals surface area contributed by atoms with Gasteiger partial charge in [-0.05, 0) is 31.4 Å². The van der Waals surface area contributed by atoms with Crippen LogP contribution in [-0.2, 0) is 0 Å². The molecule has 0 spiro atoms. The van der Waals surface area contributed by atoms with E-state index in [2.05, 4.69) is 10.2 Å². The molecule has 1 aromatic carbocycles. The molecule has 3 atom stereocenters. The summed E-state index contributed by atoms with van der Waals surface area (Å²) in [6.45, 7) is 2.82. The van der Waals surface area contributed by atoms with Gasteiger partial charge in [-0.1, -0.05) is 0 Å². The van der Waals surface area contributed by atoms with Gasteiger partial charge in [0.05, 0.1) is 4.92 Å².